The van der Waals surface area contributed by atoms with Crippen LogP contribution in [0.15, 0.2) is 0 Å². The van der Waals surface area contributed by atoms with E-state index in [1.165, 1.54) is 0 Å². The molecule has 0 spiro atoms. The van der Waals surface area contributed by atoms with Crippen molar-refractivity contribution in [3.63, 3.8) is 0 Å². The van der Waals surface area contributed by atoms with Gasteiger partial charge in [-0.3, -0.25) is 4.79 Å². The topological polar surface area (TPSA) is 41.1 Å². The minimum atomic E-state index is 0.128. The SMILES string of the molecule is CCC(C)NC(C)CC(=O)NC(C)C. The summed E-state index contributed by atoms with van der Waals surface area (Å²) in [7, 11) is 0. The van der Waals surface area contributed by atoms with Gasteiger partial charge in [0, 0.05) is 24.5 Å². The number of rotatable bonds is 6. The van der Waals surface area contributed by atoms with E-state index >= 15 is 0 Å². The highest BCUT2D eigenvalue weighted by Crippen LogP contribution is 1.96. The molecule has 84 valence electrons. The maximum absolute atomic E-state index is 11.4. The molecule has 0 fully saturated rings. The van der Waals surface area contributed by atoms with Crippen LogP contribution in [0.2, 0.25) is 0 Å². The molecule has 0 aliphatic rings. The van der Waals surface area contributed by atoms with Gasteiger partial charge < -0.3 is 10.6 Å². The van der Waals surface area contributed by atoms with Gasteiger partial charge in [-0.15, -0.1) is 0 Å². The maximum Gasteiger partial charge on any atom is 0.221 e. The van der Waals surface area contributed by atoms with Gasteiger partial charge in [0.1, 0.15) is 0 Å². The molecule has 2 atom stereocenters. The van der Waals surface area contributed by atoms with Crippen LogP contribution in [-0.2, 0) is 4.79 Å². The number of hydrogen-bond acceptors (Lipinski definition) is 2. The molecule has 0 heterocycles. The van der Waals surface area contributed by atoms with Crippen LogP contribution >= 0.6 is 0 Å². The first kappa shape index (κ1) is 13.4. The minimum absolute atomic E-state index is 0.128. The van der Waals surface area contributed by atoms with Crippen molar-refractivity contribution in [1.82, 2.24) is 10.6 Å². The molecule has 0 aromatic carbocycles. The summed E-state index contributed by atoms with van der Waals surface area (Å²) in [4.78, 5) is 11.4. The Bertz CT molecular complexity index is 169. The third-order valence-corrected chi connectivity index (χ3v) is 2.12. The third-order valence-electron chi connectivity index (χ3n) is 2.12. The summed E-state index contributed by atoms with van der Waals surface area (Å²) in [6, 6.07) is 0.971. The van der Waals surface area contributed by atoms with E-state index in [0.29, 0.717) is 12.5 Å². The number of carbonyl (C=O) groups excluding carboxylic acids is 1. The molecule has 0 rings (SSSR count). The van der Waals surface area contributed by atoms with Crippen molar-refractivity contribution in [2.75, 3.05) is 0 Å². The molecule has 0 bridgehead atoms. The van der Waals surface area contributed by atoms with Gasteiger partial charge in [0.2, 0.25) is 5.91 Å². The lowest BCUT2D eigenvalue weighted by Crippen LogP contribution is -2.39. The van der Waals surface area contributed by atoms with Crippen LogP contribution in [0.1, 0.15) is 47.5 Å². The monoisotopic (exact) mass is 200 g/mol. The summed E-state index contributed by atoms with van der Waals surface area (Å²) < 4.78 is 0. The van der Waals surface area contributed by atoms with Crippen molar-refractivity contribution in [3.05, 3.63) is 0 Å². The van der Waals surface area contributed by atoms with Crippen molar-refractivity contribution in [2.45, 2.75) is 65.6 Å². The summed E-state index contributed by atoms with van der Waals surface area (Å²) in [5, 5.41) is 6.26. The third kappa shape index (κ3) is 6.89. The molecular weight excluding hydrogens is 176 g/mol. The van der Waals surface area contributed by atoms with Crippen LogP contribution in [0.4, 0.5) is 0 Å². The van der Waals surface area contributed by atoms with Crippen LogP contribution in [0.5, 0.6) is 0 Å². The highest BCUT2D eigenvalue weighted by Gasteiger charge is 2.10. The molecule has 0 radical (unpaired) electrons. The molecular formula is C11H24N2O. The summed E-state index contributed by atoms with van der Waals surface area (Å²) in [5.74, 6) is 0.128. The van der Waals surface area contributed by atoms with Gasteiger partial charge in [-0.2, -0.15) is 0 Å². The molecule has 1 amide bonds. The Morgan fingerprint density at radius 3 is 2.14 bits per heavy atom. The normalized spacial score (nSPS) is 15.3. The molecule has 2 N–H and O–H groups in total. The number of amides is 1. The van der Waals surface area contributed by atoms with Crippen LogP contribution in [0.25, 0.3) is 0 Å². The standard InChI is InChI=1S/C11H24N2O/c1-6-9(4)13-10(5)7-11(14)12-8(2)3/h8-10,13H,6-7H2,1-5H3,(H,12,14). The van der Waals surface area contributed by atoms with Gasteiger partial charge in [-0.1, -0.05) is 6.92 Å². The number of nitrogens with one attached hydrogen (secondary N) is 2. The lowest BCUT2D eigenvalue weighted by Gasteiger charge is -2.19. The van der Waals surface area contributed by atoms with Crippen LogP contribution < -0.4 is 10.6 Å². The van der Waals surface area contributed by atoms with Crippen LogP contribution in [0, 0.1) is 0 Å². The van der Waals surface area contributed by atoms with Crippen molar-refractivity contribution < 1.29 is 4.79 Å². The molecule has 2 unspecified atom stereocenters. The lowest BCUT2D eigenvalue weighted by molar-refractivity contribution is -0.122. The number of hydrogen-bond donors (Lipinski definition) is 2. The second-order valence-electron chi connectivity index (χ2n) is 4.30. The van der Waals surface area contributed by atoms with E-state index in [1.807, 2.05) is 20.8 Å². The van der Waals surface area contributed by atoms with Gasteiger partial charge in [0.05, 0.1) is 0 Å². The fourth-order valence-corrected chi connectivity index (χ4v) is 1.32. The van der Waals surface area contributed by atoms with Crippen LogP contribution in [0.3, 0.4) is 0 Å². The highest BCUT2D eigenvalue weighted by atomic mass is 16.1. The Morgan fingerprint density at radius 2 is 1.71 bits per heavy atom. The Hall–Kier alpha value is -0.570. The summed E-state index contributed by atoms with van der Waals surface area (Å²) >= 11 is 0. The van der Waals surface area contributed by atoms with E-state index in [-0.39, 0.29) is 18.0 Å². The second-order valence-corrected chi connectivity index (χ2v) is 4.30. The summed E-state index contributed by atoms with van der Waals surface area (Å²) in [5.41, 5.74) is 0. The summed E-state index contributed by atoms with van der Waals surface area (Å²) in [6.45, 7) is 10.3. The van der Waals surface area contributed by atoms with Crippen molar-refractivity contribution in [2.24, 2.45) is 0 Å². The van der Waals surface area contributed by atoms with E-state index in [1.54, 1.807) is 0 Å². The van der Waals surface area contributed by atoms with Crippen LogP contribution in [-0.4, -0.2) is 24.0 Å². The van der Waals surface area contributed by atoms with Gasteiger partial charge in [0.25, 0.3) is 0 Å². The molecule has 0 saturated heterocycles. The first-order valence-corrected chi connectivity index (χ1v) is 5.51. The second kappa shape index (κ2) is 6.82. The van der Waals surface area contributed by atoms with E-state index in [4.69, 9.17) is 0 Å². The predicted octanol–water partition coefficient (Wildman–Crippen LogP) is 1.68. The Balaban J connectivity index is 3.71. The fraction of sp³-hybridized carbons (Fsp3) is 0.909. The first-order chi connectivity index (χ1) is 6.45. The fourth-order valence-electron chi connectivity index (χ4n) is 1.32. The van der Waals surface area contributed by atoms with Gasteiger partial charge in [-0.05, 0) is 34.1 Å². The van der Waals surface area contributed by atoms with Gasteiger partial charge in [-0.25, -0.2) is 0 Å². The van der Waals surface area contributed by atoms with Gasteiger partial charge >= 0.3 is 0 Å². The van der Waals surface area contributed by atoms with Gasteiger partial charge in [0.15, 0.2) is 0 Å². The molecule has 0 aliphatic heterocycles. The predicted molar refractivity (Wildman–Crippen MR) is 60.2 cm³/mol. The Kier molecular flexibility index (Phi) is 6.54. The quantitative estimate of drug-likeness (QED) is 0.685. The smallest absolute Gasteiger partial charge is 0.221 e. The van der Waals surface area contributed by atoms with Crippen molar-refractivity contribution >= 4 is 5.91 Å². The zero-order valence-corrected chi connectivity index (χ0v) is 10.1. The molecule has 0 aliphatic carbocycles. The average molecular weight is 200 g/mol. The minimum Gasteiger partial charge on any atom is -0.354 e. The average Bonchev–Trinajstić information content (AvgIpc) is 2.01. The van der Waals surface area contributed by atoms with E-state index < -0.39 is 0 Å². The van der Waals surface area contributed by atoms with Crippen molar-refractivity contribution in [1.29, 1.82) is 0 Å². The molecule has 14 heavy (non-hydrogen) atoms. The van der Waals surface area contributed by atoms with E-state index in [0.717, 1.165) is 6.42 Å². The Labute approximate surface area is 87.6 Å². The lowest BCUT2D eigenvalue weighted by atomic mass is 10.1. The zero-order chi connectivity index (χ0) is 11.1. The summed E-state index contributed by atoms with van der Waals surface area (Å²) in [6.07, 6.45) is 1.65. The van der Waals surface area contributed by atoms with E-state index in [2.05, 4.69) is 24.5 Å². The molecule has 3 heteroatoms. The molecule has 0 saturated carbocycles. The Morgan fingerprint density at radius 1 is 1.14 bits per heavy atom. The zero-order valence-electron chi connectivity index (χ0n) is 10.1. The van der Waals surface area contributed by atoms with Crippen molar-refractivity contribution in [3.8, 4) is 0 Å². The maximum atomic E-state index is 11.4. The van der Waals surface area contributed by atoms with E-state index in [9.17, 15) is 4.79 Å². The first-order valence-electron chi connectivity index (χ1n) is 5.51. The number of carbonyl (C=O) groups is 1. The highest BCUT2D eigenvalue weighted by molar-refractivity contribution is 5.76. The molecule has 3 nitrogen and oxygen atoms in total. The molecule has 0 aromatic rings. The molecule has 0 aromatic heterocycles. The largest absolute Gasteiger partial charge is 0.354 e.